The summed E-state index contributed by atoms with van der Waals surface area (Å²) >= 11 is 0. The number of aromatic nitrogens is 5. The summed E-state index contributed by atoms with van der Waals surface area (Å²) < 4.78 is 6.45. The van der Waals surface area contributed by atoms with Gasteiger partial charge >= 0.3 is 0 Å². The van der Waals surface area contributed by atoms with E-state index in [0.717, 1.165) is 0 Å². The normalized spacial score (nSPS) is 10.6. The first-order valence-electron chi connectivity index (χ1n) is 5.42. The maximum absolute atomic E-state index is 11.4. The van der Waals surface area contributed by atoms with Crippen molar-refractivity contribution >= 4 is 5.91 Å². The number of rotatable bonds is 5. The minimum Gasteiger partial charge on any atom is -0.349 e. The van der Waals surface area contributed by atoms with Gasteiger partial charge < -0.3 is 15.6 Å². The fraction of sp³-hybridized carbons (Fsp3) is 0.444. The monoisotopic (exact) mass is 251 g/mol. The van der Waals surface area contributed by atoms with Gasteiger partial charge in [-0.15, -0.1) is 5.10 Å². The van der Waals surface area contributed by atoms with Crippen LogP contribution in [0.2, 0.25) is 0 Å². The van der Waals surface area contributed by atoms with Crippen molar-refractivity contribution in [1.29, 1.82) is 0 Å². The van der Waals surface area contributed by atoms with Gasteiger partial charge in [-0.2, -0.15) is 4.98 Å². The molecule has 0 saturated carbocycles. The summed E-state index contributed by atoms with van der Waals surface area (Å²) in [4.78, 5) is 15.4. The van der Waals surface area contributed by atoms with Crippen molar-refractivity contribution in [1.82, 2.24) is 30.5 Å². The van der Waals surface area contributed by atoms with Gasteiger partial charge in [0.1, 0.15) is 6.54 Å². The molecule has 3 N–H and O–H groups in total. The predicted molar refractivity (Wildman–Crippen MR) is 59.3 cm³/mol. The van der Waals surface area contributed by atoms with Crippen molar-refractivity contribution < 1.29 is 9.32 Å². The Kier molecular flexibility index (Phi) is 3.63. The summed E-state index contributed by atoms with van der Waals surface area (Å²) in [6.45, 7) is 2.88. The van der Waals surface area contributed by atoms with E-state index in [9.17, 15) is 4.79 Å². The summed E-state index contributed by atoms with van der Waals surface area (Å²) in [6.07, 6.45) is 1.68. The van der Waals surface area contributed by atoms with Crippen LogP contribution >= 0.6 is 0 Å². The Bertz CT molecular complexity index is 533. The van der Waals surface area contributed by atoms with Crippen LogP contribution in [0.4, 0.5) is 0 Å². The molecule has 0 saturated heterocycles. The summed E-state index contributed by atoms with van der Waals surface area (Å²) in [6, 6.07) is 0. The third kappa shape index (κ3) is 2.69. The van der Waals surface area contributed by atoms with E-state index in [1.807, 2.05) is 6.92 Å². The third-order valence-electron chi connectivity index (χ3n) is 2.10. The minimum atomic E-state index is -0.367. The molecule has 0 aliphatic heterocycles. The first-order chi connectivity index (χ1) is 8.72. The van der Waals surface area contributed by atoms with Crippen molar-refractivity contribution in [3.63, 3.8) is 0 Å². The van der Waals surface area contributed by atoms with Crippen molar-refractivity contribution in [2.45, 2.75) is 20.0 Å². The predicted octanol–water partition coefficient (Wildman–Crippen LogP) is -1.08. The van der Waals surface area contributed by atoms with Crippen molar-refractivity contribution in [3.8, 4) is 0 Å². The molecule has 96 valence electrons. The molecule has 9 heteroatoms. The zero-order chi connectivity index (χ0) is 13.0. The standard InChI is InChI=1S/C9H13N7O2/c1-2-11-9(17)8-12-7(18-14-8)5-16-4-6(3-10)13-15-16/h4H,2-3,5,10H2,1H3,(H,11,17). The van der Waals surface area contributed by atoms with E-state index >= 15 is 0 Å². The van der Waals surface area contributed by atoms with Gasteiger partial charge in [0.05, 0.1) is 11.9 Å². The van der Waals surface area contributed by atoms with Gasteiger partial charge in [0.25, 0.3) is 11.7 Å². The molecule has 0 aliphatic carbocycles. The van der Waals surface area contributed by atoms with Gasteiger partial charge in [0.2, 0.25) is 5.89 Å². The Balaban J connectivity index is 2.04. The lowest BCUT2D eigenvalue weighted by molar-refractivity contribution is 0.0942. The van der Waals surface area contributed by atoms with Gasteiger partial charge in [0.15, 0.2) is 0 Å². The summed E-state index contributed by atoms with van der Waals surface area (Å²) in [5.41, 5.74) is 6.08. The fourth-order valence-corrected chi connectivity index (χ4v) is 1.30. The second-order valence-electron chi connectivity index (χ2n) is 3.48. The maximum Gasteiger partial charge on any atom is 0.292 e. The number of nitrogens with two attached hydrogens (primary N) is 1. The third-order valence-corrected chi connectivity index (χ3v) is 2.10. The number of carbonyl (C=O) groups excluding carboxylic acids is 1. The second-order valence-corrected chi connectivity index (χ2v) is 3.48. The van der Waals surface area contributed by atoms with Gasteiger partial charge in [-0.25, -0.2) is 4.68 Å². The Labute approximate surface area is 102 Å². The van der Waals surface area contributed by atoms with E-state index in [1.54, 1.807) is 6.20 Å². The van der Waals surface area contributed by atoms with Gasteiger partial charge in [-0.05, 0) is 6.92 Å². The number of hydrogen-bond donors (Lipinski definition) is 2. The first-order valence-corrected chi connectivity index (χ1v) is 5.42. The summed E-state index contributed by atoms with van der Waals surface area (Å²) in [5.74, 6) is -0.0792. The molecule has 9 nitrogen and oxygen atoms in total. The quantitative estimate of drug-likeness (QED) is 0.692. The molecule has 2 rings (SSSR count). The van der Waals surface area contributed by atoms with Crippen LogP contribution in [0.3, 0.4) is 0 Å². The molecule has 1 amide bonds. The average Bonchev–Trinajstić information content (AvgIpc) is 2.99. The Morgan fingerprint density at radius 1 is 1.61 bits per heavy atom. The number of nitrogens with zero attached hydrogens (tertiary/aromatic N) is 5. The molecule has 0 atom stereocenters. The number of carbonyl (C=O) groups is 1. The lowest BCUT2D eigenvalue weighted by Crippen LogP contribution is -2.23. The molecule has 2 heterocycles. The highest BCUT2D eigenvalue weighted by Crippen LogP contribution is 2.01. The van der Waals surface area contributed by atoms with Gasteiger partial charge in [-0.3, -0.25) is 4.79 Å². The van der Waals surface area contributed by atoms with Crippen molar-refractivity contribution in [2.24, 2.45) is 5.73 Å². The van der Waals surface area contributed by atoms with Crippen molar-refractivity contribution in [3.05, 3.63) is 23.6 Å². The Morgan fingerprint density at radius 2 is 2.44 bits per heavy atom. The van der Waals surface area contributed by atoms with E-state index < -0.39 is 0 Å². The second kappa shape index (κ2) is 5.36. The molecule has 0 unspecified atom stereocenters. The first kappa shape index (κ1) is 12.2. The largest absolute Gasteiger partial charge is 0.349 e. The lowest BCUT2D eigenvalue weighted by Gasteiger charge is -1.94. The smallest absolute Gasteiger partial charge is 0.292 e. The summed E-state index contributed by atoms with van der Waals surface area (Å²) in [7, 11) is 0. The molecule has 0 spiro atoms. The van der Waals surface area contributed by atoms with Crippen LogP contribution in [0.1, 0.15) is 29.1 Å². The average molecular weight is 251 g/mol. The summed E-state index contributed by atoms with van der Waals surface area (Å²) in [5, 5.41) is 13.8. The van der Waals surface area contributed by atoms with Crippen LogP contribution in [0.5, 0.6) is 0 Å². The Hall–Kier alpha value is -2.29. The van der Waals surface area contributed by atoms with Gasteiger partial charge in [-0.1, -0.05) is 10.4 Å². The molecule has 2 aromatic rings. The molecule has 2 aromatic heterocycles. The molecule has 0 aromatic carbocycles. The SMILES string of the molecule is CCNC(=O)c1noc(Cn2cc(CN)nn2)n1. The minimum absolute atomic E-state index is 0.00557. The highest BCUT2D eigenvalue weighted by Gasteiger charge is 2.14. The number of amides is 1. The highest BCUT2D eigenvalue weighted by atomic mass is 16.5. The highest BCUT2D eigenvalue weighted by molar-refractivity contribution is 5.90. The van der Waals surface area contributed by atoms with E-state index in [1.165, 1.54) is 4.68 Å². The number of nitrogens with one attached hydrogen (secondary N) is 1. The molecule has 0 fully saturated rings. The van der Waals surface area contributed by atoms with Crippen LogP contribution in [0.25, 0.3) is 0 Å². The van der Waals surface area contributed by atoms with E-state index in [-0.39, 0.29) is 24.2 Å². The molecular weight excluding hydrogens is 238 g/mol. The van der Waals surface area contributed by atoms with E-state index in [2.05, 4.69) is 25.8 Å². The van der Waals surface area contributed by atoms with Crippen LogP contribution < -0.4 is 11.1 Å². The molecule has 0 radical (unpaired) electrons. The van der Waals surface area contributed by atoms with Crippen LogP contribution in [0, 0.1) is 0 Å². The fourth-order valence-electron chi connectivity index (χ4n) is 1.30. The van der Waals surface area contributed by atoms with Crippen molar-refractivity contribution in [2.75, 3.05) is 6.54 Å². The van der Waals surface area contributed by atoms with Gasteiger partial charge in [0, 0.05) is 13.1 Å². The maximum atomic E-state index is 11.4. The lowest BCUT2D eigenvalue weighted by atomic mass is 10.5. The van der Waals surface area contributed by atoms with E-state index in [4.69, 9.17) is 10.3 Å². The molecule has 0 aliphatic rings. The van der Waals surface area contributed by atoms with E-state index in [0.29, 0.717) is 18.8 Å². The van der Waals surface area contributed by atoms with Crippen LogP contribution in [0.15, 0.2) is 10.7 Å². The van der Waals surface area contributed by atoms with Crippen LogP contribution in [-0.4, -0.2) is 37.6 Å². The molecule has 0 bridgehead atoms. The molecule has 18 heavy (non-hydrogen) atoms. The topological polar surface area (TPSA) is 125 Å². The van der Waals surface area contributed by atoms with Crippen LogP contribution in [-0.2, 0) is 13.1 Å². The Morgan fingerprint density at radius 3 is 3.11 bits per heavy atom. The number of hydrogen-bond acceptors (Lipinski definition) is 7. The zero-order valence-corrected chi connectivity index (χ0v) is 9.83. The zero-order valence-electron chi connectivity index (χ0n) is 9.83. The molecular formula is C9H13N7O2.